The molecule has 0 atom stereocenters. The van der Waals surface area contributed by atoms with E-state index in [1.807, 2.05) is 26.8 Å². The van der Waals surface area contributed by atoms with Gasteiger partial charge in [0.15, 0.2) is 0 Å². The predicted octanol–water partition coefficient (Wildman–Crippen LogP) is 5.93. The van der Waals surface area contributed by atoms with Gasteiger partial charge in [-0.3, -0.25) is 4.79 Å². The van der Waals surface area contributed by atoms with Crippen LogP contribution in [0.2, 0.25) is 10.0 Å². The van der Waals surface area contributed by atoms with Crippen molar-refractivity contribution in [2.75, 3.05) is 5.32 Å². The molecule has 2 aromatic carbocycles. The van der Waals surface area contributed by atoms with Gasteiger partial charge in [0.2, 0.25) is 0 Å². The number of carbonyl (C=O) groups is 1. The van der Waals surface area contributed by atoms with E-state index < -0.39 is 0 Å². The highest BCUT2D eigenvalue weighted by atomic mass is 79.9. The zero-order chi connectivity index (χ0) is 15.7. The van der Waals surface area contributed by atoms with E-state index in [0.29, 0.717) is 21.3 Å². The van der Waals surface area contributed by atoms with Gasteiger partial charge in [-0.25, -0.2) is 0 Å². The number of carbonyl (C=O) groups excluding carboxylic acids is 1. The lowest BCUT2D eigenvalue weighted by molar-refractivity contribution is 0.102. The van der Waals surface area contributed by atoms with Crippen LogP contribution >= 0.6 is 39.1 Å². The lowest BCUT2D eigenvalue weighted by Gasteiger charge is -2.14. The molecule has 0 saturated carbocycles. The van der Waals surface area contributed by atoms with Gasteiger partial charge < -0.3 is 5.32 Å². The number of hydrogen-bond acceptors (Lipinski definition) is 1. The van der Waals surface area contributed by atoms with Crippen molar-refractivity contribution in [1.82, 2.24) is 0 Å². The highest BCUT2D eigenvalue weighted by Crippen LogP contribution is 2.29. The van der Waals surface area contributed by atoms with Gasteiger partial charge in [-0.2, -0.15) is 0 Å². The van der Waals surface area contributed by atoms with Gasteiger partial charge >= 0.3 is 0 Å². The molecule has 2 nitrogen and oxygen atoms in total. The van der Waals surface area contributed by atoms with Gasteiger partial charge in [-0.05, 0) is 61.7 Å². The van der Waals surface area contributed by atoms with Crippen LogP contribution < -0.4 is 5.32 Å². The second-order valence-electron chi connectivity index (χ2n) is 4.86. The molecule has 0 fully saturated rings. The van der Waals surface area contributed by atoms with Crippen LogP contribution in [0, 0.1) is 20.8 Å². The first-order valence-electron chi connectivity index (χ1n) is 6.34. The van der Waals surface area contributed by atoms with Crippen LogP contribution in [0.25, 0.3) is 0 Å². The van der Waals surface area contributed by atoms with Gasteiger partial charge in [0.1, 0.15) is 0 Å². The van der Waals surface area contributed by atoms with Crippen LogP contribution in [0.4, 0.5) is 5.69 Å². The van der Waals surface area contributed by atoms with Crippen LogP contribution in [0.1, 0.15) is 27.0 Å². The zero-order valence-electron chi connectivity index (χ0n) is 11.9. The van der Waals surface area contributed by atoms with Crippen LogP contribution in [0.5, 0.6) is 0 Å². The van der Waals surface area contributed by atoms with Gasteiger partial charge in [-0.15, -0.1) is 0 Å². The SMILES string of the molecule is Cc1c(Br)cc(C(=O)Nc2cc(Cl)ccc2Cl)c(C)c1C. The van der Waals surface area contributed by atoms with Gasteiger partial charge in [0.05, 0.1) is 10.7 Å². The number of hydrogen-bond donors (Lipinski definition) is 1. The predicted molar refractivity (Wildman–Crippen MR) is 92.8 cm³/mol. The van der Waals surface area contributed by atoms with Crippen LogP contribution in [0.3, 0.4) is 0 Å². The monoisotopic (exact) mass is 385 g/mol. The Bertz CT molecular complexity index is 729. The number of halogens is 3. The van der Waals surface area contributed by atoms with Crippen molar-refractivity contribution in [2.24, 2.45) is 0 Å². The molecule has 1 amide bonds. The minimum Gasteiger partial charge on any atom is -0.321 e. The maximum atomic E-state index is 12.5. The lowest BCUT2D eigenvalue weighted by atomic mass is 9.98. The minimum atomic E-state index is -0.208. The second kappa shape index (κ2) is 6.39. The largest absolute Gasteiger partial charge is 0.321 e. The third-order valence-corrected chi connectivity index (χ3v) is 4.97. The van der Waals surface area contributed by atoms with E-state index in [4.69, 9.17) is 23.2 Å². The molecule has 5 heteroatoms. The normalized spacial score (nSPS) is 10.6. The average molecular weight is 387 g/mol. The molecule has 0 saturated heterocycles. The van der Waals surface area contributed by atoms with E-state index in [2.05, 4.69) is 21.2 Å². The molecule has 0 unspecified atom stereocenters. The van der Waals surface area contributed by atoms with E-state index in [1.165, 1.54) is 0 Å². The maximum absolute atomic E-state index is 12.5. The first kappa shape index (κ1) is 16.3. The molecule has 0 aromatic heterocycles. The number of amides is 1. The van der Waals surface area contributed by atoms with Crippen molar-refractivity contribution in [3.8, 4) is 0 Å². The van der Waals surface area contributed by atoms with E-state index in [-0.39, 0.29) is 5.91 Å². The van der Waals surface area contributed by atoms with Crippen molar-refractivity contribution in [3.05, 3.63) is 61.0 Å². The molecule has 0 aliphatic carbocycles. The number of benzene rings is 2. The summed E-state index contributed by atoms with van der Waals surface area (Å²) in [7, 11) is 0. The van der Waals surface area contributed by atoms with Gasteiger partial charge in [0, 0.05) is 15.1 Å². The van der Waals surface area contributed by atoms with Crippen molar-refractivity contribution in [1.29, 1.82) is 0 Å². The first-order valence-corrected chi connectivity index (χ1v) is 7.89. The van der Waals surface area contributed by atoms with Gasteiger partial charge in [0.25, 0.3) is 5.91 Å². The molecule has 0 spiro atoms. The molecule has 1 N–H and O–H groups in total. The average Bonchev–Trinajstić information content (AvgIpc) is 2.44. The molecule has 0 bridgehead atoms. The second-order valence-corrected chi connectivity index (χ2v) is 6.56. The van der Waals surface area contributed by atoms with Crippen molar-refractivity contribution < 1.29 is 4.79 Å². The Labute approximate surface area is 142 Å². The number of rotatable bonds is 2. The molecule has 2 rings (SSSR count). The van der Waals surface area contributed by atoms with E-state index >= 15 is 0 Å². The first-order chi connectivity index (χ1) is 9.81. The standard InChI is InChI=1S/C16H14BrCl2NO/c1-8-9(2)12(7-13(17)10(8)3)16(21)20-15-6-11(18)4-5-14(15)19/h4-7H,1-3H3,(H,20,21). The Kier molecular flexibility index (Phi) is 4.97. The van der Waals surface area contributed by atoms with E-state index in [9.17, 15) is 4.79 Å². The fourth-order valence-electron chi connectivity index (χ4n) is 2.02. The Morgan fingerprint density at radius 1 is 1.05 bits per heavy atom. The molecule has 21 heavy (non-hydrogen) atoms. The van der Waals surface area contributed by atoms with Crippen molar-refractivity contribution >= 4 is 50.7 Å². The Balaban J connectivity index is 2.40. The third-order valence-electron chi connectivity index (χ3n) is 3.58. The van der Waals surface area contributed by atoms with Crippen molar-refractivity contribution in [3.63, 3.8) is 0 Å². The third kappa shape index (κ3) is 3.42. The summed E-state index contributed by atoms with van der Waals surface area (Å²) in [6.07, 6.45) is 0. The Morgan fingerprint density at radius 2 is 1.71 bits per heavy atom. The van der Waals surface area contributed by atoms with Crippen LogP contribution in [0.15, 0.2) is 28.7 Å². The molecule has 0 aliphatic rings. The topological polar surface area (TPSA) is 29.1 Å². The summed E-state index contributed by atoms with van der Waals surface area (Å²) in [6.45, 7) is 5.95. The quantitative estimate of drug-likeness (QED) is 0.680. The highest BCUT2D eigenvalue weighted by Gasteiger charge is 2.15. The van der Waals surface area contributed by atoms with Crippen LogP contribution in [-0.2, 0) is 0 Å². The fraction of sp³-hybridized carbons (Fsp3) is 0.188. The number of anilines is 1. The summed E-state index contributed by atoms with van der Waals surface area (Å²) in [5.41, 5.74) is 4.28. The van der Waals surface area contributed by atoms with E-state index in [1.54, 1.807) is 18.2 Å². The maximum Gasteiger partial charge on any atom is 0.256 e. The summed E-state index contributed by atoms with van der Waals surface area (Å²) >= 11 is 15.5. The molecular weight excluding hydrogens is 373 g/mol. The van der Waals surface area contributed by atoms with E-state index in [0.717, 1.165) is 21.2 Å². The van der Waals surface area contributed by atoms with Crippen LogP contribution in [-0.4, -0.2) is 5.91 Å². The Morgan fingerprint density at radius 3 is 2.38 bits per heavy atom. The Hall–Kier alpha value is -1.03. The zero-order valence-corrected chi connectivity index (χ0v) is 14.9. The number of nitrogens with one attached hydrogen (secondary N) is 1. The van der Waals surface area contributed by atoms with Gasteiger partial charge in [-0.1, -0.05) is 39.1 Å². The lowest BCUT2D eigenvalue weighted by Crippen LogP contribution is -2.15. The summed E-state index contributed by atoms with van der Waals surface area (Å²) in [5.74, 6) is -0.208. The minimum absolute atomic E-state index is 0.208. The smallest absolute Gasteiger partial charge is 0.256 e. The summed E-state index contributed by atoms with van der Waals surface area (Å²) < 4.78 is 0.910. The molecular formula is C16H14BrCl2NO. The highest BCUT2D eigenvalue weighted by molar-refractivity contribution is 9.10. The summed E-state index contributed by atoms with van der Waals surface area (Å²) in [6, 6.07) is 6.79. The molecule has 0 radical (unpaired) electrons. The molecule has 0 aliphatic heterocycles. The molecule has 2 aromatic rings. The molecule has 110 valence electrons. The molecule has 0 heterocycles. The summed E-state index contributed by atoms with van der Waals surface area (Å²) in [5, 5.41) is 3.78. The summed E-state index contributed by atoms with van der Waals surface area (Å²) in [4.78, 5) is 12.5. The van der Waals surface area contributed by atoms with Crippen molar-refractivity contribution in [2.45, 2.75) is 20.8 Å². The fourth-order valence-corrected chi connectivity index (χ4v) is 2.89.